The lowest BCUT2D eigenvalue weighted by atomic mass is 10.1. The molecular formula is C13H14BrN3OS2. The van der Waals surface area contributed by atoms with Crippen molar-refractivity contribution in [2.45, 2.75) is 18.9 Å². The zero-order chi connectivity index (χ0) is 13.9. The van der Waals surface area contributed by atoms with Gasteiger partial charge in [0.2, 0.25) is 0 Å². The van der Waals surface area contributed by atoms with Crippen LogP contribution >= 0.6 is 38.6 Å². The number of thiophene rings is 1. The highest BCUT2D eigenvalue weighted by molar-refractivity contribution is 9.11. The van der Waals surface area contributed by atoms with Gasteiger partial charge in [0.05, 0.1) is 8.66 Å². The van der Waals surface area contributed by atoms with Crippen molar-refractivity contribution in [2.75, 3.05) is 13.1 Å². The van der Waals surface area contributed by atoms with Crippen molar-refractivity contribution in [3.8, 4) is 9.88 Å². The molecule has 20 heavy (non-hydrogen) atoms. The van der Waals surface area contributed by atoms with E-state index in [-0.39, 0.29) is 11.9 Å². The average Bonchev–Trinajstić information content (AvgIpc) is 3.08. The third-order valence-corrected chi connectivity index (χ3v) is 5.83. The van der Waals surface area contributed by atoms with E-state index in [9.17, 15) is 4.79 Å². The summed E-state index contributed by atoms with van der Waals surface area (Å²) in [5.41, 5.74) is 0.521. The first-order chi connectivity index (χ1) is 9.72. The molecule has 0 aromatic carbocycles. The van der Waals surface area contributed by atoms with Crippen LogP contribution in [-0.2, 0) is 0 Å². The molecule has 3 rings (SSSR count). The molecule has 0 radical (unpaired) electrons. The molecule has 0 saturated carbocycles. The highest BCUT2D eigenvalue weighted by Crippen LogP contribution is 2.33. The van der Waals surface area contributed by atoms with E-state index in [0.29, 0.717) is 5.69 Å². The monoisotopic (exact) mass is 371 g/mol. The number of nitrogens with one attached hydrogen (secondary N) is 2. The van der Waals surface area contributed by atoms with Gasteiger partial charge in [0.1, 0.15) is 10.7 Å². The van der Waals surface area contributed by atoms with E-state index in [1.165, 1.54) is 11.3 Å². The standard InChI is InChI=1S/C13H14BrN3OS2/c14-11-2-1-10(20-11)13-17-9(7-19-13)12(18)16-8-3-5-15-6-4-8/h1-2,7-8,15H,3-6H2,(H,16,18). The van der Waals surface area contributed by atoms with Gasteiger partial charge in [0, 0.05) is 11.4 Å². The van der Waals surface area contributed by atoms with E-state index in [4.69, 9.17) is 0 Å². The fraction of sp³-hybridized carbons (Fsp3) is 0.385. The Morgan fingerprint density at radius 3 is 2.90 bits per heavy atom. The molecule has 7 heteroatoms. The number of amides is 1. The molecule has 0 spiro atoms. The number of rotatable bonds is 3. The minimum Gasteiger partial charge on any atom is -0.348 e. The number of hydrogen-bond donors (Lipinski definition) is 2. The highest BCUT2D eigenvalue weighted by Gasteiger charge is 2.18. The summed E-state index contributed by atoms with van der Waals surface area (Å²) in [7, 11) is 0. The van der Waals surface area contributed by atoms with Gasteiger partial charge in [-0.2, -0.15) is 0 Å². The van der Waals surface area contributed by atoms with Crippen molar-refractivity contribution in [3.63, 3.8) is 0 Å². The summed E-state index contributed by atoms with van der Waals surface area (Å²) in [5.74, 6) is -0.0602. The minimum absolute atomic E-state index is 0.0602. The molecule has 2 aromatic rings. The number of hydrogen-bond acceptors (Lipinski definition) is 5. The number of carbonyl (C=O) groups excluding carboxylic acids is 1. The summed E-state index contributed by atoms with van der Waals surface area (Å²) in [5, 5.41) is 9.08. The van der Waals surface area contributed by atoms with E-state index >= 15 is 0 Å². The summed E-state index contributed by atoms with van der Waals surface area (Å²) in [6.07, 6.45) is 1.97. The molecule has 106 valence electrons. The van der Waals surface area contributed by atoms with Crippen molar-refractivity contribution in [1.29, 1.82) is 0 Å². The van der Waals surface area contributed by atoms with Crippen LogP contribution in [0.3, 0.4) is 0 Å². The van der Waals surface area contributed by atoms with E-state index < -0.39 is 0 Å². The molecule has 3 heterocycles. The molecule has 0 bridgehead atoms. The second kappa shape index (κ2) is 6.34. The molecule has 1 aliphatic rings. The summed E-state index contributed by atoms with van der Waals surface area (Å²) in [6, 6.07) is 4.28. The van der Waals surface area contributed by atoms with Crippen LogP contribution in [0.1, 0.15) is 23.3 Å². The predicted molar refractivity (Wildman–Crippen MR) is 86.5 cm³/mol. The van der Waals surface area contributed by atoms with E-state index in [1.54, 1.807) is 11.3 Å². The summed E-state index contributed by atoms with van der Waals surface area (Å²) < 4.78 is 1.07. The van der Waals surface area contributed by atoms with Crippen LogP contribution in [0, 0.1) is 0 Å². The Morgan fingerprint density at radius 1 is 1.40 bits per heavy atom. The maximum atomic E-state index is 12.2. The predicted octanol–water partition coefficient (Wildman–Crippen LogP) is 3.12. The molecule has 0 unspecified atom stereocenters. The number of thiazole rings is 1. The lowest BCUT2D eigenvalue weighted by Gasteiger charge is -2.23. The zero-order valence-electron chi connectivity index (χ0n) is 10.7. The lowest BCUT2D eigenvalue weighted by molar-refractivity contribution is 0.0925. The largest absolute Gasteiger partial charge is 0.348 e. The molecule has 2 aromatic heterocycles. The minimum atomic E-state index is -0.0602. The van der Waals surface area contributed by atoms with Crippen LogP contribution in [0.15, 0.2) is 21.3 Å². The normalized spacial score (nSPS) is 16.2. The fourth-order valence-electron chi connectivity index (χ4n) is 2.15. The van der Waals surface area contributed by atoms with Crippen molar-refractivity contribution in [1.82, 2.24) is 15.6 Å². The van der Waals surface area contributed by atoms with Gasteiger partial charge in [-0.3, -0.25) is 4.79 Å². The van der Waals surface area contributed by atoms with Crippen molar-refractivity contribution >= 4 is 44.5 Å². The Balaban J connectivity index is 1.68. The number of nitrogens with zero attached hydrogens (tertiary/aromatic N) is 1. The van der Waals surface area contributed by atoms with Gasteiger partial charge in [-0.05, 0) is 54.0 Å². The first kappa shape index (κ1) is 14.2. The van der Waals surface area contributed by atoms with Gasteiger partial charge < -0.3 is 10.6 Å². The second-order valence-electron chi connectivity index (χ2n) is 4.64. The maximum Gasteiger partial charge on any atom is 0.270 e. The number of piperidine rings is 1. The third kappa shape index (κ3) is 3.28. The topological polar surface area (TPSA) is 54.0 Å². The molecule has 1 amide bonds. The molecule has 0 atom stereocenters. The Morgan fingerprint density at radius 2 is 2.20 bits per heavy atom. The van der Waals surface area contributed by atoms with Gasteiger partial charge in [0.25, 0.3) is 5.91 Å². The molecule has 2 N–H and O–H groups in total. The molecule has 4 nitrogen and oxygen atoms in total. The fourth-order valence-corrected chi connectivity index (χ4v) is 4.40. The smallest absolute Gasteiger partial charge is 0.270 e. The first-order valence-corrected chi connectivity index (χ1v) is 8.94. The van der Waals surface area contributed by atoms with Crippen LogP contribution in [-0.4, -0.2) is 30.0 Å². The highest BCUT2D eigenvalue weighted by atomic mass is 79.9. The van der Waals surface area contributed by atoms with E-state index in [0.717, 1.165) is 39.6 Å². The Hall–Kier alpha value is -0.760. The van der Waals surface area contributed by atoms with E-state index in [1.807, 2.05) is 17.5 Å². The lowest BCUT2D eigenvalue weighted by Crippen LogP contribution is -2.42. The Labute approximate surface area is 133 Å². The number of carbonyl (C=O) groups is 1. The molecule has 1 fully saturated rings. The average molecular weight is 372 g/mol. The van der Waals surface area contributed by atoms with Crippen LogP contribution in [0.25, 0.3) is 9.88 Å². The Bertz CT molecular complexity index is 604. The molecule has 1 aliphatic heterocycles. The quantitative estimate of drug-likeness (QED) is 0.871. The van der Waals surface area contributed by atoms with Crippen molar-refractivity contribution in [3.05, 3.63) is 27.0 Å². The van der Waals surface area contributed by atoms with Crippen LogP contribution < -0.4 is 10.6 Å². The number of aromatic nitrogens is 1. The van der Waals surface area contributed by atoms with Crippen molar-refractivity contribution < 1.29 is 4.79 Å². The van der Waals surface area contributed by atoms with E-state index in [2.05, 4.69) is 31.5 Å². The van der Waals surface area contributed by atoms with Gasteiger partial charge >= 0.3 is 0 Å². The van der Waals surface area contributed by atoms with Gasteiger partial charge in [-0.25, -0.2) is 4.98 Å². The van der Waals surface area contributed by atoms with Crippen molar-refractivity contribution in [2.24, 2.45) is 0 Å². The summed E-state index contributed by atoms with van der Waals surface area (Å²) in [4.78, 5) is 17.7. The number of halogens is 1. The van der Waals surface area contributed by atoms with Crippen LogP contribution in [0.2, 0.25) is 0 Å². The first-order valence-electron chi connectivity index (χ1n) is 6.45. The maximum absolute atomic E-state index is 12.2. The van der Waals surface area contributed by atoms with Gasteiger partial charge in [-0.15, -0.1) is 22.7 Å². The van der Waals surface area contributed by atoms with Crippen LogP contribution in [0.4, 0.5) is 0 Å². The summed E-state index contributed by atoms with van der Waals surface area (Å²) in [6.45, 7) is 1.94. The van der Waals surface area contributed by atoms with Gasteiger partial charge in [0.15, 0.2) is 0 Å². The van der Waals surface area contributed by atoms with Crippen LogP contribution in [0.5, 0.6) is 0 Å². The Kier molecular flexibility index (Phi) is 4.50. The van der Waals surface area contributed by atoms with Gasteiger partial charge in [-0.1, -0.05) is 0 Å². The second-order valence-corrected chi connectivity index (χ2v) is 7.96. The molecule has 0 aliphatic carbocycles. The summed E-state index contributed by atoms with van der Waals surface area (Å²) >= 11 is 6.58. The zero-order valence-corrected chi connectivity index (χ0v) is 13.9. The SMILES string of the molecule is O=C(NC1CCNCC1)c1csc(-c2ccc(Br)s2)n1. The molecule has 1 saturated heterocycles. The third-order valence-electron chi connectivity index (χ3n) is 3.20. The molecular weight excluding hydrogens is 358 g/mol.